The average molecular weight is 479 g/mol. The van der Waals surface area contributed by atoms with Crippen molar-refractivity contribution in [2.75, 3.05) is 31.6 Å². The van der Waals surface area contributed by atoms with Gasteiger partial charge in [-0.25, -0.2) is 0 Å². The van der Waals surface area contributed by atoms with Gasteiger partial charge in [-0.15, -0.1) is 24.0 Å². The third-order valence-corrected chi connectivity index (χ3v) is 5.00. The van der Waals surface area contributed by atoms with E-state index in [-0.39, 0.29) is 24.0 Å². The van der Waals surface area contributed by atoms with Gasteiger partial charge in [0.05, 0.1) is 0 Å². The van der Waals surface area contributed by atoms with Gasteiger partial charge in [0.1, 0.15) is 0 Å². The molecule has 2 N–H and O–H groups in total. The van der Waals surface area contributed by atoms with Crippen molar-refractivity contribution < 1.29 is 0 Å². The number of nitrogens with one attached hydrogen (secondary N) is 2. The molecule has 2 heterocycles. The van der Waals surface area contributed by atoms with Crippen LogP contribution >= 0.6 is 24.0 Å². The van der Waals surface area contributed by atoms with Gasteiger partial charge >= 0.3 is 0 Å². The van der Waals surface area contributed by atoms with Gasteiger partial charge in [-0.2, -0.15) is 0 Å². The van der Waals surface area contributed by atoms with Gasteiger partial charge in [-0.05, 0) is 55.5 Å². The van der Waals surface area contributed by atoms with Crippen molar-refractivity contribution in [3.63, 3.8) is 0 Å². The summed E-state index contributed by atoms with van der Waals surface area (Å²) in [6.45, 7) is 5.13. The lowest BCUT2D eigenvalue weighted by molar-refractivity contribution is 0.461. The summed E-state index contributed by atoms with van der Waals surface area (Å²) in [5.41, 5.74) is 3.89. The van der Waals surface area contributed by atoms with Gasteiger partial charge < -0.3 is 15.5 Å². The van der Waals surface area contributed by atoms with Gasteiger partial charge in [0.15, 0.2) is 5.96 Å². The van der Waals surface area contributed by atoms with Crippen LogP contribution in [0.2, 0.25) is 0 Å². The first-order chi connectivity index (χ1) is 12.8. The molecule has 0 aliphatic carbocycles. The zero-order valence-electron chi connectivity index (χ0n) is 16.2. The van der Waals surface area contributed by atoms with Crippen molar-refractivity contribution in [3.05, 3.63) is 59.9 Å². The molecule has 0 spiro atoms. The molecule has 27 heavy (non-hydrogen) atoms. The molecule has 1 fully saturated rings. The highest BCUT2D eigenvalue weighted by Crippen LogP contribution is 2.19. The van der Waals surface area contributed by atoms with E-state index >= 15 is 0 Å². The summed E-state index contributed by atoms with van der Waals surface area (Å²) < 4.78 is 0. The standard InChI is InChI=1S/C21H29N5.HI/c1-17-16-23-12-8-18(17)9-13-24-21(22-2)25-19-10-14-26(15-11-19)20-6-4-3-5-7-20;/h3-8,12,16,19H,9-11,13-15H2,1-2H3,(H2,22,24,25);1H. The molecule has 1 aliphatic heterocycles. The van der Waals surface area contributed by atoms with Crippen LogP contribution in [0.3, 0.4) is 0 Å². The Balaban J connectivity index is 0.00000261. The Labute approximate surface area is 179 Å². The minimum Gasteiger partial charge on any atom is -0.371 e. The number of benzene rings is 1. The van der Waals surface area contributed by atoms with Crippen LogP contribution < -0.4 is 15.5 Å². The number of nitrogens with zero attached hydrogens (tertiary/aromatic N) is 3. The largest absolute Gasteiger partial charge is 0.371 e. The highest BCUT2D eigenvalue weighted by Gasteiger charge is 2.20. The number of aryl methyl sites for hydroxylation is 1. The number of aliphatic imine (C=N–C) groups is 1. The van der Waals surface area contributed by atoms with Crippen molar-refractivity contribution in [3.8, 4) is 0 Å². The molecular weight excluding hydrogens is 449 g/mol. The first-order valence-electron chi connectivity index (χ1n) is 9.43. The summed E-state index contributed by atoms with van der Waals surface area (Å²) in [5, 5.41) is 7.02. The monoisotopic (exact) mass is 479 g/mol. The Morgan fingerprint density at radius 2 is 1.93 bits per heavy atom. The number of hydrogen-bond donors (Lipinski definition) is 2. The van der Waals surface area contributed by atoms with Crippen LogP contribution in [-0.2, 0) is 6.42 Å². The third-order valence-electron chi connectivity index (χ3n) is 5.00. The molecule has 0 atom stereocenters. The zero-order valence-corrected chi connectivity index (χ0v) is 18.5. The normalized spacial score (nSPS) is 15.2. The third kappa shape index (κ3) is 6.37. The summed E-state index contributed by atoms with van der Waals surface area (Å²) in [6.07, 6.45) is 7.00. The summed E-state index contributed by atoms with van der Waals surface area (Å²) in [6, 6.07) is 13.2. The second kappa shape index (κ2) is 11.1. The fraction of sp³-hybridized carbons (Fsp3) is 0.429. The molecule has 6 heteroatoms. The van der Waals surface area contributed by atoms with Crippen LogP contribution in [0.5, 0.6) is 0 Å². The number of pyridine rings is 1. The Hall–Kier alpha value is -1.83. The molecule has 146 valence electrons. The van der Waals surface area contributed by atoms with E-state index in [1.807, 2.05) is 19.4 Å². The molecule has 0 saturated carbocycles. The molecule has 3 rings (SSSR count). The van der Waals surface area contributed by atoms with E-state index in [1.54, 1.807) is 0 Å². The minimum atomic E-state index is 0. The molecule has 1 saturated heterocycles. The minimum absolute atomic E-state index is 0. The van der Waals surface area contributed by atoms with Gasteiger partial charge in [0.2, 0.25) is 0 Å². The Bertz CT molecular complexity index is 712. The Morgan fingerprint density at radius 1 is 1.19 bits per heavy atom. The molecule has 2 aromatic rings. The maximum Gasteiger partial charge on any atom is 0.191 e. The predicted molar refractivity (Wildman–Crippen MR) is 124 cm³/mol. The van der Waals surface area contributed by atoms with Crippen LogP contribution in [0.25, 0.3) is 0 Å². The molecule has 5 nitrogen and oxygen atoms in total. The number of halogens is 1. The average Bonchev–Trinajstić information content (AvgIpc) is 2.70. The van der Waals surface area contributed by atoms with E-state index in [2.05, 4.69) is 68.8 Å². The maximum atomic E-state index is 4.38. The van der Waals surface area contributed by atoms with Crippen LogP contribution in [0, 0.1) is 6.92 Å². The summed E-state index contributed by atoms with van der Waals surface area (Å²) >= 11 is 0. The van der Waals surface area contributed by atoms with Crippen molar-refractivity contribution in [1.82, 2.24) is 15.6 Å². The maximum absolute atomic E-state index is 4.38. The second-order valence-electron chi connectivity index (χ2n) is 6.79. The predicted octanol–water partition coefficient (Wildman–Crippen LogP) is 3.38. The molecule has 0 unspecified atom stereocenters. The van der Waals surface area contributed by atoms with E-state index in [9.17, 15) is 0 Å². The quantitative estimate of drug-likeness (QED) is 0.392. The number of piperidine rings is 1. The van der Waals surface area contributed by atoms with E-state index in [0.717, 1.165) is 44.9 Å². The fourth-order valence-corrected chi connectivity index (χ4v) is 3.41. The second-order valence-corrected chi connectivity index (χ2v) is 6.79. The lowest BCUT2D eigenvalue weighted by Crippen LogP contribution is -2.49. The Morgan fingerprint density at radius 3 is 2.59 bits per heavy atom. The number of aromatic nitrogens is 1. The van der Waals surface area contributed by atoms with Crippen molar-refractivity contribution in [1.29, 1.82) is 0 Å². The first kappa shape index (κ1) is 21.5. The summed E-state index contributed by atoms with van der Waals surface area (Å²) in [5.74, 6) is 0.898. The van der Waals surface area contributed by atoms with Gasteiger partial charge in [-0.3, -0.25) is 9.98 Å². The van der Waals surface area contributed by atoms with Gasteiger partial charge in [0.25, 0.3) is 0 Å². The SMILES string of the molecule is CN=C(NCCc1ccncc1C)NC1CCN(c2ccccc2)CC1.I. The van der Waals surface area contributed by atoms with Gasteiger partial charge in [0, 0.05) is 50.8 Å². The lowest BCUT2D eigenvalue weighted by atomic mass is 10.0. The van der Waals surface area contributed by atoms with Crippen molar-refractivity contribution in [2.24, 2.45) is 4.99 Å². The molecule has 0 amide bonds. The van der Waals surface area contributed by atoms with E-state index < -0.39 is 0 Å². The smallest absolute Gasteiger partial charge is 0.191 e. The summed E-state index contributed by atoms with van der Waals surface area (Å²) in [4.78, 5) is 11.0. The first-order valence-corrected chi connectivity index (χ1v) is 9.43. The molecule has 1 aliphatic rings. The van der Waals surface area contributed by atoms with E-state index in [1.165, 1.54) is 16.8 Å². The van der Waals surface area contributed by atoms with Crippen LogP contribution in [0.1, 0.15) is 24.0 Å². The molecule has 0 bridgehead atoms. The number of hydrogen-bond acceptors (Lipinski definition) is 3. The highest BCUT2D eigenvalue weighted by molar-refractivity contribution is 14.0. The topological polar surface area (TPSA) is 52.6 Å². The molecular formula is C21H30IN5. The Kier molecular flexibility index (Phi) is 8.84. The zero-order chi connectivity index (χ0) is 18.2. The highest BCUT2D eigenvalue weighted by atomic mass is 127. The number of rotatable bonds is 5. The summed E-state index contributed by atoms with van der Waals surface area (Å²) in [7, 11) is 1.84. The van der Waals surface area contributed by atoms with Gasteiger partial charge in [-0.1, -0.05) is 18.2 Å². The number of guanidine groups is 1. The number of para-hydroxylation sites is 1. The molecule has 1 aromatic heterocycles. The van der Waals surface area contributed by atoms with E-state index in [4.69, 9.17) is 0 Å². The van der Waals surface area contributed by atoms with Crippen LogP contribution in [0.15, 0.2) is 53.8 Å². The lowest BCUT2D eigenvalue weighted by Gasteiger charge is -2.34. The van der Waals surface area contributed by atoms with Crippen molar-refractivity contribution >= 4 is 35.6 Å². The number of anilines is 1. The molecule has 0 radical (unpaired) electrons. The fourth-order valence-electron chi connectivity index (χ4n) is 3.41. The van der Waals surface area contributed by atoms with Crippen LogP contribution in [-0.4, -0.2) is 43.7 Å². The van der Waals surface area contributed by atoms with E-state index in [0.29, 0.717) is 6.04 Å². The molecule has 1 aromatic carbocycles. The van der Waals surface area contributed by atoms with Crippen molar-refractivity contribution in [2.45, 2.75) is 32.2 Å². The van der Waals surface area contributed by atoms with Crippen LogP contribution in [0.4, 0.5) is 5.69 Å².